The minimum atomic E-state index is -0.872. The number of hydrogen-bond donors (Lipinski definition) is 1. The Hall–Kier alpha value is -1.04. The van der Waals surface area contributed by atoms with Crippen LogP contribution in [0.25, 0.3) is 0 Å². The number of ketones is 2. The lowest BCUT2D eigenvalue weighted by Crippen LogP contribution is -2.61. The van der Waals surface area contributed by atoms with Gasteiger partial charge in [0.25, 0.3) is 0 Å². The van der Waals surface area contributed by atoms with Crippen molar-refractivity contribution in [2.45, 2.75) is 103 Å². The third-order valence-electron chi connectivity index (χ3n) is 9.82. The van der Waals surface area contributed by atoms with Gasteiger partial charge in [0.15, 0.2) is 23.0 Å². The number of rotatable bonds is 2. The number of hydrogen-bond acceptors (Lipinski definition) is 5. The molecule has 0 aromatic heterocycles. The van der Waals surface area contributed by atoms with Gasteiger partial charge in [0.05, 0.1) is 12.2 Å². The smallest absolute Gasteiger partial charge is 0.164 e. The molecule has 0 radical (unpaired) electrons. The molecule has 5 heteroatoms. The second kappa shape index (κ2) is 6.26. The predicted octanol–water partition coefficient (Wildman–Crippen LogP) is 3.97. The lowest BCUT2D eigenvalue weighted by atomic mass is 9.44. The lowest BCUT2D eigenvalue weighted by molar-refractivity contribution is -0.216. The van der Waals surface area contributed by atoms with E-state index in [-0.39, 0.29) is 28.5 Å². The molecule has 166 valence electrons. The van der Waals surface area contributed by atoms with E-state index in [1.807, 2.05) is 26.8 Å². The Morgan fingerprint density at radius 1 is 1.17 bits per heavy atom. The Kier molecular flexibility index (Phi) is 4.35. The zero-order valence-corrected chi connectivity index (χ0v) is 19.0. The van der Waals surface area contributed by atoms with Crippen LogP contribution in [-0.2, 0) is 19.1 Å². The minimum Gasteiger partial charge on any atom is -0.392 e. The van der Waals surface area contributed by atoms with Gasteiger partial charge in [0.1, 0.15) is 0 Å². The minimum absolute atomic E-state index is 0.0893. The van der Waals surface area contributed by atoms with E-state index in [0.717, 1.165) is 38.5 Å². The molecule has 1 N–H and O–H groups in total. The molecule has 0 aromatic carbocycles. The van der Waals surface area contributed by atoms with Gasteiger partial charge in [-0.05, 0) is 90.0 Å². The van der Waals surface area contributed by atoms with Crippen molar-refractivity contribution in [3.8, 4) is 0 Å². The Morgan fingerprint density at radius 2 is 1.90 bits per heavy atom. The number of ether oxygens (including phenoxy) is 2. The summed E-state index contributed by atoms with van der Waals surface area (Å²) in [6.45, 7) is 9.67. The van der Waals surface area contributed by atoms with Crippen molar-refractivity contribution in [2.75, 3.05) is 0 Å². The predicted molar refractivity (Wildman–Crippen MR) is 112 cm³/mol. The fourth-order valence-electron chi connectivity index (χ4n) is 8.81. The van der Waals surface area contributed by atoms with Gasteiger partial charge in [-0.25, -0.2) is 0 Å². The molecule has 8 atom stereocenters. The Balaban J connectivity index is 1.57. The van der Waals surface area contributed by atoms with Crippen molar-refractivity contribution >= 4 is 11.6 Å². The van der Waals surface area contributed by atoms with Crippen LogP contribution in [0.1, 0.15) is 79.6 Å². The van der Waals surface area contributed by atoms with Crippen LogP contribution in [0.4, 0.5) is 0 Å². The summed E-state index contributed by atoms with van der Waals surface area (Å²) in [5.41, 5.74) is -0.251. The van der Waals surface area contributed by atoms with Crippen molar-refractivity contribution in [3.05, 3.63) is 11.6 Å². The van der Waals surface area contributed by atoms with E-state index in [2.05, 4.69) is 6.92 Å². The summed E-state index contributed by atoms with van der Waals surface area (Å²) < 4.78 is 12.8. The highest BCUT2D eigenvalue weighted by molar-refractivity contribution is 5.92. The fraction of sp³-hybridized carbons (Fsp3) is 0.840. The molecule has 4 aliphatic carbocycles. The molecule has 5 nitrogen and oxygen atoms in total. The number of Topliss-reactive ketones (excluding diaryl/α,β-unsaturated/α-hetero) is 1. The molecule has 1 unspecified atom stereocenters. The van der Waals surface area contributed by atoms with E-state index in [1.165, 1.54) is 5.57 Å². The topological polar surface area (TPSA) is 72.8 Å². The van der Waals surface area contributed by atoms with E-state index >= 15 is 0 Å². The normalized spacial score (nSPS) is 50.1. The molecule has 0 bridgehead atoms. The van der Waals surface area contributed by atoms with Gasteiger partial charge >= 0.3 is 0 Å². The van der Waals surface area contributed by atoms with E-state index < -0.39 is 17.5 Å². The number of aliphatic hydroxyl groups is 1. The van der Waals surface area contributed by atoms with E-state index in [9.17, 15) is 14.7 Å². The maximum absolute atomic E-state index is 13.1. The van der Waals surface area contributed by atoms with Crippen LogP contribution in [0.15, 0.2) is 11.6 Å². The van der Waals surface area contributed by atoms with Crippen molar-refractivity contribution in [1.29, 1.82) is 0 Å². The fourth-order valence-corrected chi connectivity index (χ4v) is 8.81. The zero-order valence-electron chi connectivity index (χ0n) is 19.0. The van der Waals surface area contributed by atoms with Crippen LogP contribution in [-0.4, -0.2) is 40.3 Å². The lowest BCUT2D eigenvalue weighted by Gasteiger charge is -2.60. The van der Waals surface area contributed by atoms with Crippen LogP contribution in [0.3, 0.4) is 0 Å². The summed E-state index contributed by atoms with van der Waals surface area (Å²) in [7, 11) is 0. The molecule has 5 aliphatic rings. The summed E-state index contributed by atoms with van der Waals surface area (Å²) in [4.78, 5) is 25.3. The molecule has 0 aromatic rings. The largest absolute Gasteiger partial charge is 0.392 e. The van der Waals surface area contributed by atoms with E-state index in [1.54, 1.807) is 6.92 Å². The third-order valence-corrected chi connectivity index (χ3v) is 9.82. The first-order valence-corrected chi connectivity index (χ1v) is 11.8. The first kappa shape index (κ1) is 20.8. The molecule has 1 saturated heterocycles. The molecule has 1 aliphatic heterocycles. The van der Waals surface area contributed by atoms with Gasteiger partial charge in [-0.3, -0.25) is 9.59 Å². The van der Waals surface area contributed by atoms with E-state index in [4.69, 9.17) is 9.47 Å². The SMILES string of the molecule is CC(=O)[C@@]12OC(C)(C)O[C@@H]1C[C@H]1[C@@H]3CCC4=CC(=O)CC[C@]4(C(C)O)[C@H]3CC[C@@]12C. The molecular formula is C25H36O5. The number of aliphatic hydroxyl groups excluding tert-OH is 1. The third kappa shape index (κ3) is 2.35. The highest BCUT2D eigenvalue weighted by Gasteiger charge is 2.75. The molecular weight excluding hydrogens is 380 g/mol. The van der Waals surface area contributed by atoms with Crippen LogP contribution in [0.5, 0.6) is 0 Å². The van der Waals surface area contributed by atoms with Crippen LogP contribution >= 0.6 is 0 Å². The first-order valence-electron chi connectivity index (χ1n) is 11.8. The molecule has 0 amide bonds. The first-order chi connectivity index (χ1) is 14.0. The summed E-state index contributed by atoms with van der Waals surface area (Å²) in [6.07, 6.45) is 7.03. The summed E-state index contributed by atoms with van der Waals surface area (Å²) in [5, 5.41) is 11.0. The van der Waals surface area contributed by atoms with Crippen LogP contribution in [0.2, 0.25) is 0 Å². The maximum atomic E-state index is 13.1. The summed E-state index contributed by atoms with van der Waals surface area (Å²) >= 11 is 0. The van der Waals surface area contributed by atoms with Crippen molar-refractivity contribution in [3.63, 3.8) is 0 Å². The van der Waals surface area contributed by atoms with Gasteiger partial charge in [-0.2, -0.15) is 0 Å². The Morgan fingerprint density at radius 3 is 2.57 bits per heavy atom. The highest BCUT2D eigenvalue weighted by Crippen LogP contribution is 2.71. The number of carbonyl (C=O) groups excluding carboxylic acids is 2. The molecule has 3 saturated carbocycles. The average Bonchev–Trinajstić information content (AvgIpc) is 3.07. The number of fused-ring (bicyclic) bond motifs is 7. The van der Waals surface area contributed by atoms with Crippen molar-refractivity contribution < 1.29 is 24.2 Å². The van der Waals surface area contributed by atoms with Crippen LogP contribution < -0.4 is 0 Å². The monoisotopic (exact) mass is 416 g/mol. The molecule has 30 heavy (non-hydrogen) atoms. The molecule has 5 rings (SSSR count). The zero-order chi connectivity index (χ0) is 21.7. The Labute approximate surface area is 179 Å². The molecule has 0 spiro atoms. The van der Waals surface area contributed by atoms with Crippen LogP contribution in [0, 0.1) is 28.6 Å². The second-order valence-electron chi connectivity index (χ2n) is 11.4. The van der Waals surface area contributed by atoms with Gasteiger partial charge < -0.3 is 14.6 Å². The quantitative estimate of drug-likeness (QED) is 0.737. The summed E-state index contributed by atoms with van der Waals surface area (Å²) in [6, 6.07) is 0. The van der Waals surface area contributed by atoms with E-state index in [0.29, 0.717) is 24.2 Å². The van der Waals surface area contributed by atoms with Gasteiger partial charge in [0, 0.05) is 17.3 Å². The number of carbonyl (C=O) groups is 2. The highest BCUT2D eigenvalue weighted by atomic mass is 16.8. The van der Waals surface area contributed by atoms with Gasteiger partial charge in [-0.1, -0.05) is 12.5 Å². The van der Waals surface area contributed by atoms with Crippen molar-refractivity contribution in [2.24, 2.45) is 28.6 Å². The molecule has 1 heterocycles. The Bertz CT molecular complexity index is 827. The molecule has 4 fully saturated rings. The van der Waals surface area contributed by atoms with Gasteiger partial charge in [-0.15, -0.1) is 0 Å². The average molecular weight is 417 g/mol. The van der Waals surface area contributed by atoms with Gasteiger partial charge in [0.2, 0.25) is 0 Å². The van der Waals surface area contributed by atoms with Crippen molar-refractivity contribution in [1.82, 2.24) is 0 Å². The standard InChI is InChI=1S/C25H36O5/c1-14(26)24-11-8-17(28)12-16(24)6-7-18-19(24)9-10-23(5)20(18)13-21-25(23,15(2)27)30-22(3,4)29-21/h12,14,18-21,26H,6-11,13H2,1-5H3/t14?,18-,19+,20+,21-,23+,24-,25-/m1/s1. The second-order valence-corrected chi connectivity index (χ2v) is 11.4. The summed E-state index contributed by atoms with van der Waals surface area (Å²) in [5.74, 6) is 0.645. The maximum Gasteiger partial charge on any atom is 0.164 e.